The van der Waals surface area contributed by atoms with Crippen molar-refractivity contribution in [3.63, 3.8) is 0 Å². The molecule has 48 heavy (non-hydrogen) atoms. The second-order valence-corrected chi connectivity index (χ2v) is 11.6. The summed E-state index contributed by atoms with van der Waals surface area (Å²) in [7, 11) is 1.44. The molecule has 13 heteroatoms. The molecule has 1 aliphatic rings. The molecule has 2 amide bonds. The number of rotatable bonds is 7. The van der Waals surface area contributed by atoms with Crippen molar-refractivity contribution in [3.05, 3.63) is 119 Å². The Morgan fingerprint density at radius 3 is 2.48 bits per heavy atom. The van der Waals surface area contributed by atoms with Crippen LogP contribution in [0.2, 0.25) is 0 Å². The summed E-state index contributed by atoms with van der Waals surface area (Å²) in [4.78, 5) is 42.2. The van der Waals surface area contributed by atoms with E-state index in [1.54, 1.807) is 83.2 Å². The van der Waals surface area contributed by atoms with Gasteiger partial charge in [0.25, 0.3) is 11.8 Å². The molecule has 242 valence electrons. The third-order valence-electron chi connectivity index (χ3n) is 8.45. The van der Waals surface area contributed by atoms with Crippen molar-refractivity contribution in [3.8, 4) is 11.1 Å². The van der Waals surface area contributed by atoms with Gasteiger partial charge in [0, 0.05) is 79.5 Å². The molecule has 0 bridgehead atoms. The Hall–Kier alpha value is -5.85. The van der Waals surface area contributed by atoms with Crippen LogP contribution in [0.25, 0.3) is 22.0 Å². The van der Waals surface area contributed by atoms with Gasteiger partial charge in [0.05, 0.1) is 23.1 Å². The standard InChI is InChI=1S/C35H29F3N8O2/c1-3-21-14-27-30(6-10-41-31(27)28(15-21)33(47)42-23-4-8-39-9-5-23)46-12-7-24-25(29-19-44(2)43-32(29)35(36,37)38)16-22(17-26(24)34(46)48)18-45-13-11-40-20-45/h4-6,8-11,13-17,19-20H,3,7,12,18H2,1-2H3,(H,39,42,47). The van der Waals surface area contributed by atoms with Crippen molar-refractivity contribution in [1.82, 2.24) is 29.3 Å². The van der Waals surface area contributed by atoms with Crippen molar-refractivity contribution in [2.75, 3.05) is 16.8 Å². The molecule has 0 aliphatic carbocycles. The van der Waals surface area contributed by atoms with Crippen LogP contribution in [-0.4, -0.2) is 47.7 Å². The number of halogens is 3. The van der Waals surface area contributed by atoms with Crippen molar-refractivity contribution < 1.29 is 22.8 Å². The monoisotopic (exact) mass is 650 g/mol. The first-order chi connectivity index (χ1) is 23.1. The number of carbonyl (C=O) groups excluding carboxylic acids is 2. The van der Waals surface area contributed by atoms with E-state index in [-0.39, 0.29) is 23.9 Å². The number of fused-ring (bicyclic) bond motifs is 2. The number of hydrogen-bond acceptors (Lipinski definition) is 6. The average molecular weight is 651 g/mol. The van der Waals surface area contributed by atoms with Crippen LogP contribution in [0.4, 0.5) is 24.5 Å². The average Bonchev–Trinajstić information content (AvgIpc) is 3.74. The van der Waals surface area contributed by atoms with Crippen LogP contribution in [0.3, 0.4) is 0 Å². The number of nitrogens with zero attached hydrogens (tertiary/aromatic N) is 7. The Morgan fingerprint density at radius 2 is 1.75 bits per heavy atom. The summed E-state index contributed by atoms with van der Waals surface area (Å²) in [5.74, 6) is -0.716. The fraction of sp³-hybridized carbons (Fsp3) is 0.200. The van der Waals surface area contributed by atoms with Gasteiger partial charge in [-0.3, -0.25) is 24.2 Å². The predicted molar refractivity (Wildman–Crippen MR) is 174 cm³/mol. The van der Waals surface area contributed by atoms with Gasteiger partial charge in [0.2, 0.25) is 0 Å². The summed E-state index contributed by atoms with van der Waals surface area (Å²) in [5.41, 5.74) is 3.49. The zero-order chi connectivity index (χ0) is 33.6. The SMILES string of the molecule is CCc1cc(C(=O)Nc2ccncc2)c2nccc(N3CCc4c(cc(Cn5ccnc5)cc4-c4cn(C)nc4C(F)(F)F)C3=O)c2c1. The highest BCUT2D eigenvalue weighted by atomic mass is 19.4. The van der Waals surface area contributed by atoms with Gasteiger partial charge >= 0.3 is 6.18 Å². The van der Waals surface area contributed by atoms with Crippen LogP contribution >= 0.6 is 0 Å². The zero-order valence-corrected chi connectivity index (χ0v) is 26.0. The number of benzene rings is 2. The van der Waals surface area contributed by atoms with Crippen LogP contribution in [0, 0.1) is 0 Å². The molecule has 6 aromatic rings. The van der Waals surface area contributed by atoms with Crippen LogP contribution in [0.15, 0.2) is 86.0 Å². The number of anilines is 2. The van der Waals surface area contributed by atoms with Crippen LogP contribution < -0.4 is 10.2 Å². The molecule has 7 rings (SSSR count). The van der Waals surface area contributed by atoms with E-state index in [2.05, 4.69) is 25.4 Å². The molecule has 4 aromatic heterocycles. The highest BCUT2D eigenvalue weighted by Crippen LogP contribution is 2.41. The minimum Gasteiger partial charge on any atom is -0.333 e. The highest BCUT2D eigenvalue weighted by Gasteiger charge is 2.39. The minimum absolute atomic E-state index is 0.0817. The first-order valence-corrected chi connectivity index (χ1v) is 15.3. The lowest BCUT2D eigenvalue weighted by atomic mass is 9.87. The summed E-state index contributed by atoms with van der Waals surface area (Å²) >= 11 is 0. The molecule has 0 unspecified atom stereocenters. The second-order valence-electron chi connectivity index (χ2n) is 11.6. The maximum absolute atomic E-state index is 14.5. The molecule has 5 heterocycles. The van der Waals surface area contributed by atoms with E-state index in [1.165, 1.54) is 13.2 Å². The van der Waals surface area contributed by atoms with Gasteiger partial charge in [-0.25, -0.2) is 4.98 Å². The molecule has 10 nitrogen and oxygen atoms in total. The topological polar surface area (TPSA) is 111 Å². The van der Waals surface area contributed by atoms with Crippen molar-refractivity contribution in [2.45, 2.75) is 32.5 Å². The van der Waals surface area contributed by atoms with Crippen LogP contribution in [0.5, 0.6) is 0 Å². The van der Waals surface area contributed by atoms with Gasteiger partial charge in [-0.15, -0.1) is 0 Å². The van der Waals surface area contributed by atoms with Crippen molar-refractivity contribution >= 4 is 34.1 Å². The molecular formula is C35H29F3N8O2. The van der Waals surface area contributed by atoms with Gasteiger partial charge in [0.15, 0.2) is 5.69 Å². The molecule has 0 atom stereocenters. The number of amides is 2. The number of alkyl halides is 3. The number of aryl methyl sites for hydroxylation is 2. The number of hydrogen-bond donors (Lipinski definition) is 1. The summed E-state index contributed by atoms with van der Waals surface area (Å²) in [5, 5.41) is 7.24. The van der Waals surface area contributed by atoms with Gasteiger partial charge in [-0.2, -0.15) is 18.3 Å². The number of carbonyl (C=O) groups is 2. The fourth-order valence-electron chi connectivity index (χ4n) is 6.26. The highest BCUT2D eigenvalue weighted by molar-refractivity contribution is 6.17. The van der Waals surface area contributed by atoms with E-state index in [4.69, 9.17) is 0 Å². The molecule has 0 saturated heterocycles. The molecule has 0 fully saturated rings. The lowest BCUT2D eigenvalue weighted by Crippen LogP contribution is -2.38. The smallest absolute Gasteiger partial charge is 0.333 e. The van der Waals surface area contributed by atoms with Crippen LogP contribution in [0.1, 0.15) is 50.0 Å². The summed E-state index contributed by atoms with van der Waals surface area (Å²) in [6.45, 7) is 2.47. The molecule has 2 aromatic carbocycles. The Labute approximate surface area is 272 Å². The lowest BCUT2D eigenvalue weighted by molar-refractivity contribution is -0.141. The number of imidazole rings is 1. The zero-order valence-electron chi connectivity index (χ0n) is 26.0. The van der Waals surface area contributed by atoms with E-state index in [1.807, 2.05) is 13.0 Å². The van der Waals surface area contributed by atoms with E-state index in [9.17, 15) is 22.8 Å². The number of nitrogens with one attached hydrogen (secondary N) is 1. The van der Waals surface area contributed by atoms with Gasteiger partial charge in [-0.1, -0.05) is 6.92 Å². The predicted octanol–water partition coefficient (Wildman–Crippen LogP) is 6.31. The van der Waals surface area contributed by atoms with Crippen LogP contribution in [-0.2, 0) is 32.6 Å². The van der Waals surface area contributed by atoms with E-state index < -0.39 is 11.9 Å². The Morgan fingerprint density at radius 1 is 0.958 bits per heavy atom. The Bertz CT molecular complexity index is 2180. The molecule has 0 spiro atoms. The maximum Gasteiger partial charge on any atom is 0.435 e. The van der Waals surface area contributed by atoms with Crippen molar-refractivity contribution in [1.29, 1.82) is 0 Å². The quantitative estimate of drug-likeness (QED) is 0.217. The van der Waals surface area contributed by atoms with Crippen molar-refractivity contribution in [2.24, 2.45) is 7.05 Å². The lowest BCUT2D eigenvalue weighted by Gasteiger charge is -2.31. The van der Waals surface area contributed by atoms with E-state index >= 15 is 0 Å². The minimum atomic E-state index is -4.69. The van der Waals surface area contributed by atoms with Gasteiger partial charge in [-0.05, 0) is 77.6 Å². The Balaban J connectivity index is 1.35. The third kappa shape index (κ3) is 5.67. The molecule has 0 radical (unpaired) electrons. The summed E-state index contributed by atoms with van der Waals surface area (Å²) < 4.78 is 45.4. The maximum atomic E-state index is 14.5. The number of pyridine rings is 2. The third-order valence-corrected chi connectivity index (χ3v) is 8.45. The van der Waals surface area contributed by atoms with E-state index in [0.29, 0.717) is 69.5 Å². The molecule has 1 N–H and O–H groups in total. The first kappa shape index (κ1) is 30.8. The fourth-order valence-corrected chi connectivity index (χ4v) is 6.26. The normalized spacial score (nSPS) is 13.2. The summed E-state index contributed by atoms with van der Waals surface area (Å²) in [6, 6.07) is 12.3. The Kier molecular flexibility index (Phi) is 7.74. The molecule has 0 saturated carbocycles. The largest absolute Gasteiger partial charge is 0.435 e. The van der Waals surface area contributed by atoms with E-state index in [0.717, 1.165) is 10.2 Å². The summed E-state index contributed by atoms with van der Waals surface area (Å²) in [6.07, 6.45) is 7.25. The van der Waals surface area contributed by atoms with Gasteiger partial charge in [0.1, 0.15) is 0 Å². The molecule has 1 aliphatic heterocycles. The molecular weight excluding hydrogens is 621 g/mol. The van der Waals surface area contributed by atoms with Gasteiger partial charge < -0.3 is 14.8 Å². The first-order valence-electron chi connectivity index (χ1n) is 15.3. The number of aromatic nitrogens is 6. The second kappa shape index (κ2) is 12.1.